The molecule has 1 amide bonds. The molecule has 1 N–H and O–H groups in total. The van der Waals surface area contributed by atoms with Crippen LogP contribution in [0.5, 0.6) is 0 Å². The minimum absolute atomic E-state index is 0.0103. The Kier molecular flexibility index (Phi) is 4.99. The Morgan fingerprint density at radius 2 is 1.88 bits per heavy atom. The van der Waals surface area contributed by atoms with Crippen LogP contribution in [-0.2, 0) is 12.5 Å². The smallest absolute Gasteiger partial charge is 0.347 e. The number of carbonyl (C=O) groups excluding carboxylic acids is 1. The van der Waals surface area contributed by atoms with E-state index in [9.17, 15) is 18.0 Å². The highest BCUT2D eigenvalue weighted by Gasteiger charge is 2.45. The number of piperidine rings is 1. The first kappa shape index (κ1) is 18.8. The maximum atomic E-state index is 12.9. The monoisotopic (exact) mass is 346 g/mol. The third-order valence-corrected chi connectivity index (χ3v) is 4.42. The van der Waals surface area contributed by atoms with Gasteiger partial charge in [0.15, 0.2) is 0 Å². The molecule has 8 heteroatoms. The number of halogens is 3. The molecule has 1 aromatic rings. The molecule has 0 radical (unpaired) electrons. The molecular weight excluding hydrogens is 321 g/mol. The molecule has 5 nitrogen and oxygen atoms in total. The van der Waals surface area contributed by atoms with E-state index in [0.29, 0.717) is 12.1 Å². The van der Waals surface area contributed by atoms with Crippen LogP contribution in [0.3, 0.4) is 0 Å². The summed E-state index contributed by atoms with van der Waals surface area (Å²) in [6, 6.07) is 0.00403. The Bertz CT molecular complexity index is 603. The van der Waals surface area contributed by atoms with Crippen molar-refractivity contribution in [2.45, 2.75) is 57.3 Å². The summed E-state index contributed by atoms with van der Waals surface area (Å²) in [5.74, 6) is -0.302. The molecule has 1 saturated heterocycles. The van der Waals surface area contributed by atoms with Crippen molar-refractivity contribution in [2.75, 3.05) is 13.6 Å². The highest BCUT2D eigenvalue weighted by Crippen LogP contribution is 2.31. The molecule has 2 unspecified atom stereocenters. The van der Waals surface area contributed by atoms with E-state index < -0.39 is 12.2 Å². The second kappa shape index (κ2) is 6.38. The van der Waals surface area contributed by atoms with Gasteiger partial charge in [0, 0.05) is 25.0 Å². The fourth-order valence-corrected chi connectivity index (χ4v) is 2.98. The van der Waals surface area contributed by atoms with Gasteiger partial charge in [-0.25, -0.2) is 0 Å². The molecule has 0 saturated carbocycles. The number of aryl methyl sites for hydroxylation is 1. The number of hydrogen-bond acceptors (Lipinski definition) is 3. The van der Waals surface area contributed by atoms with Crippen LogP contribution >= 0.6 is 0 Å². The van der Waals surface area contributed by atoms with Crippen LogP contribution in [0.25, 0.3) is 0 Å². The topological polar surface area (TPSA) is 50.2 Å². The van der Waals surface area contributed by atoms with E-state index in [2.05, 4.69) is 10.4 Å². The first-order valence-corrected chi connectivity index (χ1v) is 8.02. The number of nitrogens with zero attached hydrogens (tertiary/aromatic N) is 3. The predicted octanol–water partition coefficient (Wildman–Crippen LogP) is 2.47. The van der Waals surface area contributed by atoms with Gasteiger partial charge in [-0.3, -0.25) is 14.4 Å². The van der Waals surface area contributed by atoms with Gasteiger partial charge in [-0.2, -0.15) is 18.3 Å². The minimum Gasteiger partial charge on any atom is -0.347 e. The van der Waals surface area contributed by atoms with Crippen molar-refractivity contribution in [1.29, 1.82) is 0 Å². The molecular formula is C16H25F3N4O. The van der Waals surface area contributed by atoms with Gasteiger partial charge < -0.3 is 5.32 Å². The van der Waals surface area contributed by atoms with Crippen LogP contribution in [0, 0.1) is 0 Å². The molecule has 1 aromatic heterocycles. The van der Waals surface area contributed by atoms with Gasteiger partial charge >= 0.3 is 6.18 Å². The van der Waals surface area contributed by atoms with Gasteiger partial charge in [0.1, 0.15) is 11.7 Å². The summed E-state index contributed by atoms with van der Waals surface area (Å²) < 4.78 is 40.1. The van der Waals surface area contributed by atoms with E-state index in [1.165, 1.54) is 16.6 Å². The third kappa shape index (κ3) is 4.09. The van der Waals surface area contributed by atoms with Gasteiger partial charge in [-0.15, -0.1) is 0 Å². The second-order valence-electron chi connectivity index (χ2n) is 7.53. The molecule has 0 spiro atoms. The first-order chi connectivity index (χ1) is 10.9. The lowest BCUT2D eigenvalue weighted by atomic mass is 9.92. The average Bonchev–Trinajstić information content (AvgIpc) is 2.79. The van der Waals surface area contributed by atoms with Crippen molar-refractivity contribution in [1.82, 2.24) is 20.0 Å². The molecule has 136 valence electrons. The van der Waals surface area contributed by atoms with E-state index in [1.807, 2.05) is 20.8 Å². The quantitative estimate of drug-likeness (QED) is 0.895. The summed E-state index contributed by atoms with van der Waals surface area (Å²) >= 11 is 0. The maximum absolute atomic E-state index is 12.9. The van der Waals surface area contributed by atoms with E-state index >= 15 is 0 Å². The summed E-state index contributed by atoms with van der Waals surface area (Å²) in [5, 5.41) is 7.19. The zero-order valence-corrected chi connectivity index (χ0v) is 14.7. The highest BCUT2D eigenvalue weighted by molar-refractivity contribution is 5.92. The number of aromatic nitrogens is 2. The van der Waals surface area contributed by atoms with Crippen molar-refractivity contribution in [3.8, 4) is 0 Å². The van der Waals surface area contributed by atoms with Crippen molar-refractivity contribution in [3.63, 3.8) is 0 Å². The van der Waals surface area contributed by atoms with Crippen LogP contribution in [-0.4, -0.2) is 52.4 Å². The number of likely N-dealkylation sites (tertiary alicyclic amines) is 1. The van der Waals surface area contributed by atoms with Crippen LogP contribution < -0.4 is 5.32 Å². The number of likely N-dealkylation sites (N-methyl/N-ethyl adjacent to an activating group) is 1. The molecule has 2 rings (SSSR count). The lowest BCUT2D eigenvalue weighted by molar-refractivity contribution is -0.188. The van der Waals surface area contributed by atoms with Gasteiger partial charge in [-0.05, 0) is 26.0 Å². The van der Waals surface area contributed by atoms with Crippen molar-refractivity contribution >= 4 is 5.91 Å². The Morgan fingerprint density at radius 3 is 2.33 bits per heavy atom. The van der Waals surface area contributed by atoms with Crippen molar-refractivity contribution < 1.29 is 18.0 Å². The molecule has 0 bridgehead atoms. The van der Waals surface area contributed by atoms with Crippen LogP contribution in [0.1, 0.15) is 49.8 Å². The molecule has 1 aliphatic rings. The van der Waals surface area contributed by atoms with Crippen LogP contribution in [0.2, 0.25) is 0 Å². The summed E-state index contributed by atoms with van der Waals surface area (Å²) in [6.45, 7) is 6.19. The van der Waals surface area contributed by atoms with Gasteiger partial charge in [0.25, 0.3) is 5.91 Å². The van der Waals surface area contributed by atoms with Crippen molar-refractivity contribution in [2.24, 2.45) is 7.05 Å². The Hall–Kier alpha value is -1.57. The summed E-state index contributed by atoms with van der Waals surface area (Å²) in [5.41, 5.74) is 1.04. The van der Waals surface area contributed by atoms with Gasteiger partial charge in [0.2, 0.25) is 0 Å². The van der Waals surface area contributed by atoms with E-state index in [-0.39, 0.29) is 30.3 Å². The second-order valence-corrected chi connectivity index (χ2v) is 7.53. The summed E-state index contributed by atoms with van der Waals surface area (Å²) in [6.07, 6.45) is -3.93. The number of amides is 1. The first-order valence-electron chi connectivity index (χ1n) is 8.02. The SMILES string of the molecule is CN1CC(NC(=O)c2cc(C(C)(C)C)nn2C)CCC1C(F)(F)F. The number of nitrogens with one attached hydrogen (secondary N) is 1. The van der Waals surface area contributed by atoms with Crippen molar-refractivity contribution in [3.05, 3.63) is 17.5 Å². The third-order valence-electron chi connectivity index (χ3n) is 4.42. The molecule has 2 atom stereocenters. The zero-order valence-electron chi connectivity index (χ0n) is 14.7. The highest BCUT2D eigenvalue weighted by atomic mass is 19.4. The molecule has 24 heavy (non-hydrogen) atoms. The standard InChI is InChI=1S/C16H25F3N4O/c1-15(2,3)12-8-11(23(5)21-12)14(24)20-10-6-7-13(16(17,18)19)22(4)9-10/h8,10,13H,6-7,9H2,1-5H3,(H,20,24). The molecule has 2 heterocycles. The Labute approximate surface area is 140 Å². The molecule has 0 aliphatic carbocycles. The Balaban J connectivity index is 2.03. The van der Waals surface area contributed by atoms with E-state index in [0.717, 1.165) is 5.69 Å². The average molecular weight is 346 g/mol. The van der Waals surface area contributed by atoms with Crippen LogP contribution in [0.15, 0.2) is 6.07 Å². The van der Waals surface area contributed by atoms with E-state index in [1.54, 1.807) is 13.1 Å². The maximum Gasteiger partial charge on any atom is 0.404 e. The molecule has 0 aromatic carbocycles. The summed E-state index contributed by atoms with van der Waals surface area (Å²) in [4.78, 5) is 13.7. The minimum atomic E-state index is -4.23. The van der Waals surface area contributed by atoms with E-state index in [4.69, 9.17) is 0 Å². The predicted molar refractivity (Wildman–Crippen MR) is 84.9 cm³/mol. The fraction of sp³-hybridized carbons (Fsp3) is 0.750. The molecule has 1 aliphatic heterocycles. The zero-order chi connectivity index (χ0) is 18.3. The van der Waals surface area contributed by atoms with Crippen LogP contribution in [0.4, 0.5) is 13.2 Å². The fourth-order valence-electron chi connectivity index (χ4n) is 2.98. The largest absolute Gasteiger partial charge is 0.404 e. The normalized spacial score (nSPS) is 23.3. The van der Waals surface area contributed by atoms with Gasteiger partial charge in [0.05, 0.1) is 5.69 Å². The number of carbonyl (C=O) groups is 1. The lowest BCUT2D eigenvalue weighted by Gasteiger charge is -2.38. The number of hydrogen-bond donors (Lipinski definition) is 1. The van der Waals surface area contributed by atoms with Gasteiger partial charge in [-0.1, -0.05) is 20.8 Å². The Morgan fingerprint density at radius 1 is 1.25 bits per heavy atom. The summed E-state index contributed by atoms with van der Waals surface area (Å²) in [7, 11) is 3.13. The lowest BCUT2D eigenvalue weighted by Crippen LogP contribution is -2.54. The molecule has 1 fully saturated rings. The number of alkyl halides is 3. The number of rotatable bonds is 2.